The van der Waals surface area contributed by atoms with Crippen molar-refractivity contribution in [3.8, 4) is 0 Å². The maximum Gasteiger partial charge on any atom is 0.335 e. The molecule has 0 aliphatic heterocycles. The van der Waals surface area contributed by atoms with Crippen LogP contribution in [0.1, 0.15) is 34.6 Å². The molecule has 0 bridgehead atoms. The largest absolute Gasteiger partial charge is 0.335 e. The molecule has 0 aliphatic rings. The third kappa shape index (κ3) is 6.64. The molecule has 0 fully saturated rings. The Morgan fingerprint density at radius 3 is 1.38 bits per heavy atom. The second-order valence-corrected chi connectivity index (χ2v) is 7.59. The molecule has 0 aromatic rings. The van der Waals surface area contributed by atoms with Crippen LogP contribution in [-0.4, -0.2) is 44.4 Å². The van der Waals surface area contributed by atoms with E-state index in [0.717, 1.165) is 13.1 Å². The average Bonchev–Trinajstić information content (AvgIpc) is 2.26. The van der Waals surface area contributed by atoms with Crippen LogP contribution in [0.25, 0.3) is 0 Å². The van der Waals surface area contributed by atoms with Crippen molar-refractivity contribution in [1.29, 1.82) is 0 Å². The average molecular weight is 253 g/mol. The standard InChI is InChI=1S/C6H15O3P.C5H13N/c1-6(2,3)10(7,8-4)9-5;1-4-6(3)5-2/h1-5H3;4-5H2,1-3H3. The first-order chi connectivity index (χ1) is 7.18. The molecule has 4 nitrogen and oxygen atoms in total. The molecule has 0 saturated heterocycles. The van der Waals surface area contributed by atoms with Crippen molar-refractivity contribution >= 4 is 7.60 Å². The molecule has 0 rings (SSSR count). The second kappa shape index (κ2) is 8.24. The van der Waals surface area contributed by atoms with Crippen LogP contribution < -0.4 is 0 Å². The predicted molar refractivity (Wildman–Crippen MR) is 70.2 cm³/mol. The molecule has 0 atom stereocenters. The van der Waals surface area contributed by atoms with Gasteiger partial charge in [0.05, 0.1) is 5.16 Å². The zero-order chi connectivity index (χ0) is 13.4. The minimum atomic E-state index is -2.86. The van der Waals surface area contributed by atoms with Crippen LogP contribution in [0.3, 0.4) is 0 Å². The van der Waals surface area contributed by atoms with Gasteiger partial charge in [-0.15, -0.1) is 0 Å². The summed E-state index contributed by atoms with van der Waals surface area (Å²) >= 11 is 0. The van der Waals surface area contributed by atoms with E-state index in [0.29, 0.717) is 0 Å². The Balaban J connectivity index is 0. The fraction of sp³-hybridized carbons (Fsp3) is 1.00. The Hall–Kier alpha value is 0.110. The van der Waals surface area contributed by atoms with Crippen molar-refractivity contribution in [3.05, 3.63) is 0 Å². The van der Waals surface area contributed by atoms with Crippen LogP contribution in [0.15, 0.2) is 0 Å². The lowest BCUT2D eigenvalue weighted by molar-refractivity contribution is 0.255. The minimum Gasteiger partial charge on any atom is -0.312 e. The second-order valence-electron chi connectivity index (χ2n) is 4.52. The summed E-state index contributed by atoms with van der Waals surface area (Å²) in [5.41, 5.74) is 0. The van der Waals surface area contributed by atoms with E-state index >= 15 is 0 Å². The highest BCUT2D eigenvalue weighted by molar-refractivity contribution is 7.55. The van der Waals surface area contributed by atoms with E-state index in [1.165, 1.54) is 14.2 Å². The minimum absolute atomic E-state index is 0.434. The van der Waals surface area contributed by atoms with Crippen molar-refractivity contribution in [2.24, 2.45) is 0 Å². The molecular weight excluding hydrogens is 225 g/mol. The number of hydrogen-bond acceptors (Lipinski definition) is 4. The smallest absolute Gasteiger partial charge is 0.312 e. The maximum absolute atomic E-state index is 11.5. The van der Waals surface area contributed by atoms with Gasteiger partial charge in [0.1, 0.15) is 0 Å². The lowest BCUT2D eigenvalue weighted by Crippen LogP contribution is -2.16. The van der Waals surface area contributed by atoms with Crippen LogP contribution in [0, 0.1) is 0 Å². The summed E-state index contributed by atoms with van der Waals surface area (Å²) in [5, 5.41) is -0.434. The Morgan fingerprint density at radius 1 is 1.06 bits per heavy atom. The van der Waals surface area contributed by atoms with E-state index in [1.807, 2.05) is 20.8 Å². The molecule has 0 unspecified atom stereocenters. The van der Waals surface area contributed by atoms with E-state index in [1.54, 1.807) is 0 Å². The molecule has 0 amide bonds. The Bertz CT molecular complexity index is 202. The summed E-state index contributed by atoms with van der Waals surface area (Å²) in [6.07, 6.45) is 0. The molecule has 0 aromatic carbocycles. The number of hydrogen-bond donors (Lipinski definition) is 0. The van der Waals surface area contributed by atoms with Crippen molar-refractivity contribution in [1.82, 2.24) is 4.90 Å². The molecule has 0 radical (unpaired) electrons. The third-order valence-corrected chi connectivity index (χ3v) is 4.99. The zero-order valence-electron chi connectivity index (χ0n) is 12.0. The lowest BCUT2D eigenvalue weighted by atomic mass is 10.3. The normalized spacial score (nSPS) is 12.3. The van der Waals surface area contributed by atoms with Crippen molar-refractivity contribution in [2.75, 3.05) is 34.4 Å². The summed E-state index contributed by atoms with van der Waals surface area (Å²) in [6, 6.07) is 0. The van der Waals surface area contributed by atoms with E-state index in [4.69, 9.17) is 9.05 Å². The van der Waals surface area contributed by atoms with Gasteiger partial charge in [-0.05, 0) is 40.9 Å². The first-order valence-electron chi connectivity index (χ1n) is 5.58. The Kier molecular flexibility index (Phi) is 9.51. The molecule has 100 valence electrons. The fourth-order valence-electron chi connectivity index (χ4n) is 0.846. The summed E-state index contributed by atoms with van der Waals surface area (Å²) in [4.78, 5) is 2.25. The van der Waals surface area contributed by atoms with Crippen LogP contribution in [0.5, 0.6) is 0 Å². The molecular formula is C11H28NO3P. The Morgan fingerprint density at radius 2 is 1.38 bits per heavy atom. The topological polar surface area (TPSA) is 38.8 Å². The maximum atomic E-state index is 11.5. The van der Waals surface area contributed by atoms with E-state index in [2.05, 4.69) is 25.8 Å². The summed E-state index contributed by atoms with van der Waals surface area (Å²) in [6.45, 7) is 12.1. The van der Waals surface area contributed by atoms with Gasteiger partial charge in [-0.3, -0.25) is 4.57 Å². The molecule has 5 heteroatoms. The van der Waals surface area contributed by atoms with Gasteiger partial charge in [0.25, 0.3) is 0 Å². The highest BCUT2D eigenvalue weighted by atomic mass is 31.2. The van der Waals surface area contributed by atoms with Crippen LogP contribution >= 0.6 is 7.60 Å². The molecule has 0 N–H and O–H groups in total. The zero-order valence-corrected chi connectivity index (χ0v) is 12.9. The third-order valence-electron chi connectivity index (χ3n) is 2.38. The number of nitrogens with zero attached hydrogens (tertiary/aromatic N) is 1. The monoisotopic (exact) mass is 253 g/mol. The molecule has 16 heavy (non-hydrogen) atoms. The van der Waals surface area contributed by atoms with Gasteiger partial charge >= 0.3 is 7.60 Å². The highest BCUT2D eigenvalue weighted by Crippen LogP contribution is 2.58. The van der Waals surface area contributed by atoms with Gasteiger partial charge in [0, 0.05) is 14.2 Å². The molecule has 0 aromatic heterocycles. The Labute approximate surface area is 101 Å². The summed E-state index contributed by atoms with van der Waals surface area (Å²) in [5.74, 6) is 0. The summed E-state index contributed by atoms with van der Waals surface area (Å²) < 4.78 is 21.1. The van der Waals surface area contributed by atoms with Crippen molar-refractivity contribution < 1.29 is 13.6 Å². The highest BCUT2D eigenvalue weighted by Gasteiger charge is 2.37. The SMILES string of the molecule is CCN(C)CC.COP(=O)(OC)C(C)(C)C. The summed E-state index contributed by atoms with van der Waals surface area (Å²) in [7, 11) is 2.04. The first kappa shape index (κ1) is 18.5. The molecule has 0 spiro atoms. The molecule has 0 aliphatic carbocycles. The van der Waals surface area contributed by atoms with Crippen molar-refractivity contribution in [2.45, 2.75) is 39.8 Å². The van der Waals surface area contributed by atoms with Gasteiger partial charge in [-0.25, -0.2) is 0 Å². The number of rotatable bonds is 4. The predicted octanol–water partition coefficient (Wildman–Crippen LogP) is 3.23. The fourth-order valence-corrected chi connectivity index (χ4v) is 2.09. The van der Waals surface area contributed by atoms with Gasteiger partial charge in [-0.2, -0.15) is 0 Å². The van der Waals surface area contributed by atoms with Gasteiger partial charge in [-0.1, -0.05) is 13.8 Å². The quantitative estimate of drug-likeness (QED) is 0.721. The van der Waals surface area contributed by atoms with E-state index in [-0.39, 0.29) is 0 Å². The first-order valence-corrected chi connectivity index (χ1v) is 7.12. The van der Waals surface area contributed by atoms with E-state index < -0.39 is 12.8 Å². The van der Waals surface area contributed by atoms with Crippen LogP contribution in [0.2, 0.25) is 0 Å². The molecule has 0 heterocycles. The molecule has 0 saturated carbocycles. The lowest BCUT2D eigenvalue weighted by Gasteiger charge is -2.26. The van der Waals surface area contributed by atoms with Crippen molar-refractivity contribution in [3.63, 3.8) is 0 Å². The van der Waals surface area contributed by atoms with E-state index in [9.17, 15) is 4.57 Å². The van der Waals surface area contributed by atoms with Crippen LogP contribution in [0.4, 0.5) is 0 Å². The van der Waals surface area contributed by atoms with Gasteiger partial charge in [0.2, 0.25) is 0 Å². The van der Waals surface area contributed by atoms with Crippen LogP contribution in [-0.2, 0) is 13.6 Å². The van der Waals surface area contributed by atoms with Gasteiger partial charge in [0.15, 0.2) is 0 Å². The van der Waals surface area contributed by atoms with Gasteiger partial charge < -0.3 is 13.9 Å².